The maximum atomic E-state index is 13.0. The summed E-state index contributed by atoms with van der Waals surface area (Å²) in [5.41, 5.74) is 2.16. The number of sulfonamides is 1. The van der Waals surface area contributed by atoms with Crippen molar-refractivity contribution in [1.82, 2.24) is 4.47 Å². The lowest BCUT2D eigenvalue weighted by atomic mass is 9.87. The molecular weight excluding hydrogens is 378 g/mol. The van der Waals surface area contributed by atoms with Gasteiger partial charge in [0.1, 0.15) is 5.75 Å². The van der Waals surface area contributed by atoms with Crippen LogP contribution in [0, 0.1) is 13.8 Å². The molecule has 0 radical (unpaired) electrons. The molecule has 1 N–H and O–H groups in total. The molecule has 0 spiro atoms. The lowest BCUT2D eigenvalue weighted by molar-refractivity contribution is 0.0415. The Kier molecular flexibility index (Phi) is 6.21. The van der Waals surface area contributed by atoms with Gasteiger partial charge in [0, 0.05) is 6.54 Å². The van der Waals surface area contributed by atoms with E-state index in [1.807, 2.05) is 12.1 Å². The summed E-state index contributed by atoms with van der Waals surface area (Å²) in [5.74, 6) is -0.778. The number of rotatable bonds is 6. The van der Waals surface area contributed by atoms with E-state index in [-0.39, 0.29) is 22.4 Å². The smallest absolute Gasteiger partial charge is 0.336 e. The van der Waals surface area contributed by atoms with E-state index in [4.69, 9.17) is 4.84 Å². The molecule has 152 valence electrons. The minimum absolute atomic E-state index is 0.0261. The standard InChI is InChI=1S/C21H27NO5S/c1-7-22(27-17-10-8-16(9-11-17)21(4,5)6)28(25,26)18-12-14(2)15(3)19(13-18)20(23)24/h8-13H,7H2,1-6H3,(H,23,24). The highest BCUT2D eigenvalue weighted by atomic mass is 32.2. The molecule has 0 amide bonds. The Labute approximate surface area is 166 Å². The van der Waals surface area contributed by atoms with Crippen molar-refractivity contribution in [2.45, 2.75) is 51.9 Å². The molecule has 0 heterocycles. The van der Waals surface area contributed by atoms with E-state index >= 15 is 0 Å². The number of carboxylic acids is 1. The summed E-state index contributed by atoms with van der Waals surface area (Å²) in [6, 6.07) is 9.88. The van der Waals surface area contributed by atoms with Crippen molar-refractivity contribution in [1.29, 1.82) is 0 Å². The fourth-order valence-electron chi connectivity index (χ4n) is 2.73. The Bertz CT molecular complexity index is 973. The summed E-state index contributed by atoms with van der Waals surface area (Å²) in [7, 11) is -4.04. The van der Waals surface area contributed by atoms with Crippen LogP contribution in [0.15, 0.2) is 41.3 Å². The third-order valence-electron chi connectivity index (χ3n) is 4.62. The van der Waals surface area contributed by atoms with Crippen molar-refractivity contribution in [2.75, 3.05) is 6.54 Å². The molecule has 0 saturated heterocycles. The van der Waals surface area contributed by atoms with Crippen LogP contribution in [-0.4, -0.2) is 30.5 Å². The molecule has 0 unspecified atom stereocenters. The molecule has 0 aliphatic heterocycles. The first-order valence-electron chi connectivity index (χ1n) is 9.03. The van der Waals surface area contributed by atoms with E-state index in [2.05, 4.69) is 20.8 Å². The number of carboxylic acid groups (broad SMARTS) is 1. The van der Waals surface area contributed by atoms with E-state index in [9.17, 15) is 18.3 Å². The molecule has 28 heavy (non-hydrogen) atoms. The molecule has 2 aromatic carbocycles. The van der Waals surface area contributed by atoms with Gasteiger partial charge in [-0.1, -0.05) is 32.9 Å². The van der Waals surface area contributed by atoms with Crippen molar-refractivity contribution >= 4 is 16.0 Å². The topological polar surface area (TPSA) is 83.9 Å². The van der Waals surface area contributed by atoms with Gasteiger partial charge in [-0.05, 0) is 71.6 Å². The summed E-state index contributed by atoms with van der Waals surface area (Å²) in [6.07, 6.45) is 0. The second kappa shape index (κ2) is 7.93. The molecule has 6 nitrogen and oxygen atoms in total. The van der Waals surface area contributed by atoms with E-state index in [0.29, 0.717) is 16.9 Å². The zero-order valence-corrected chi connectivity index (χ0v) is 17.9. The molecular formula is C21H27NO5S. The van der Waals surface area contributed by atoms with Crippen molar-refractivity contribution in [3.8, 4) is 5.75 Å². The van der Waals surface area contributed by atoms with E-state index in [1.54, 1.807) is 32.9 Å². The Balaban J connectivity index is 2.39. The Morgan fingerprint density at radius 2 is 1.68 bits per heavy atom. The van der Waals surface area contributed by atoms with Gasteiger partial charge in [-0.15, -0.1) is 0 Å². The molecule has 0 saturated carbocycles. The third-order valence-corrected chi connectivity index (χ3v) is 6.32. The van der Waals surface area contributed by atoms with Crippen molar-refractivity contribution in [3.05, 3.63) is 58.7 Å². The molecule has 0 atom stereocenters. The van der Waals surface area contributed by atoms with Gasteiger partial charge in [0.25, 0.3) is 10.0 Å². The lowest BCUT2D eigenvalue weighted by Crippen LogP contribution is -2.34. The summed E-state index contributed by atoms with van der Waals surface area (Å²) < 4.78 is 27.0. The fourth-order valence-corrected chi connectivity index (χ4v) is 4.08. The monoisotopic (exact) mass is 405 g/mol. The zero-order chi connectivity index (χ0) is 21.3. The van der Waals surface area contributed by atoms with Crippen LogP contribution in [0.4, 0.5) is 0 Å². The average Bonchev–Trinajstić information content (AvgIpc) is 2.60. The van der Waals surface area contributed by atoms with Crippen LogP contribution < -0.4 is 4.84 Å². The van der Waals surface area contributed by atoms with Crippen LogP contribution in [0.3, 0.4) is 0 Å². The maximum absolute atomic E-state index is 13.0. The van der Waals surface area contributed by atoms with Crippen LogP contribution >= 0.6 is 0 Å². The van der Waals surface area contributed by atoms with Gasteiger partial charge >= 0.3 is 5.97 Å². The Morgan fingerprint density at radius 3 is 2.14 bits per heavy atom. The van der Waals surface area contributed by atoms with Gasteiger partial charge in [-0.2, -0.15) is 0 Å². The van der Waals surface area contributed by atoms with Gasteiger partial charge in [0.2, 0.25) is 0 Å². The predicted octanol–water partition coefficient (Wildman–Crippen LogP) is 4.30. The highest BCUT2D eigenvalue weighted by Crippen LogP contribution is 2.27. The Morgan fingerprint density at radius 1 is 1.11 bits per heavy atom. The van der Waals surface area contributed by atoms with Crippen LogP contribution in [0.5, 0.6) is 5.75 Å². The van der Waals surface area contributed by atoms with Crippen LogP contribution in [-0.2, 0) is 15.4 Å². The molecule has 0 bridgehead atoms. The quantitative estimate of drug-likeness (QED) is 0.724. The van der Waals surface area contributed by atoms with Gasteiger partial charge in [0.15, 0.2) is 0 Å². The number of carbonyl (C=O) groups is 1. The van der Waals surface area contributed by atoms with Gasteiger partial charge in [0.05, 0.1) is 10.5 Å². The van der Waals surface area contributed by atoms with Gasteiger partial charge in [-0.3, -0.25) is 0 Å². The zero-order valence-electron chi connectivity index (χ0n) is 17.1. The number of aryl methyl sites for hydroxylation is 1. The first-order chi connectivity index (χ1) is 12.9. The first-order valence-corrected chi connectivity index (χ1v) is 10.5. The van der Waals surface area contributed by atoms with Crippen LogP contribution in [0.1, 0.15) is 54.7 Å². The summed E-state index contributed by atoms with van der Waals surface area (Å²) >= 11 is 0. The third kappa shape index (κ3) is 4.54. The normalized spacial score (nSPS) is 12.2. The minimum Gasteiger partial charge on any atom is -0.478 e. The maximum Gasteiger partial charge on any atom is 0.336 e. The van der Waals surface area contributed by atoms with Crippen molar-refractivity contribution in [2.24, 2.45) is 0 Å². The van der Waals surface area contributed by atoms with Crippen LogP contribution in [0.2, 0.25) is 0 Å². The molecule has 0 aliphatic rings. The average molecular weight is 406 g/mol. The van der Waals surface area contributed by atoms with Gasteiger partial charge in [-0.25, -0.2) is 13.2 Å². The number of nitrogens with zero attached hydrogens (tertiary/aromatic N) is 1. The number of aromatic carboxylic acids is 1. The second-order valence-electron chi connectivity index (χ2n) is 7.71. The molecule has 0 aromatic heterocycles. The summed E-state index contributed by atoms with van der Waals surface area (Å²) in [4.78, 5) is 17.0. The molecule has 0 fully saturated rings. The number of benzene rings is 2. The molecule has 0 aliphatic carbocycles. The Hall–Kier alpha value is -2.38. The van der Waals surface area contributed by atoms with E-state index in [0.717, 1.165) is 10.0 Å². The van der Waals surface area contributed by atoms with Crippen LogP contribution in [0.25, 0.3) is 0 Å². The first kappa shape index (κ1) is 21.9. The summed E-state index contributed by atoms with van der Waals surface area (Å²) in [6.45, 7) is 11.3. The van der Waals surface area contributed by atoms with E-state index < -0.39 is 16.0 Å². The molecule has 2 aromatic rings. The van der Waals surface area contributed by atoms with Gasteiger partial charge < -0.3 is 9.94 Å². The SMILES string of the molecule is CCN(Oc1ccc(C(C)(C)C)cc1)S(=O)(=O)c1cc(C)c(C)c(C(=O)O)c1. The fraction of sp³-hybridized carbons (Fsp3) is 0.381. The van der Waals surface area contributed by atoms with Crippen molar-refractivity contribution < 1.29 is 23.2 Å². The predicted molar refractivity (Wildman–Crippen MR) is 108 cm³/mol. The molecule has 7 heteroatoms. The molecule has 2 rings (SSSR count). The summed E-state index contributed by atoms with van der Waals surface area (Å²) in [5, 5.41) is 9.36. The number of hydrogen-bond donors (Lipinski definition) is 1. The number of hydroxylamine groups is 1. The van der Waals surface area contributed by atoms with Crippen molar-refractivity contribution in [3.63, 3.8) is 0 Å². The highest BCUT2D eigenvalue weighted by Gasteiger charge is 2.28. The largest absolute Gasteiger partial charge is 0.478 e. The van der Waals surface area contributed by atoms with E-state index in [1.165, 1.54) is 12.1 Å². The highest BCUT2D eigenvalue weighted by molar-refractivity contribution is 7.89. The minimum atomic E-state index is -4.04. The lowest BCUT2D eigenvalue weighted by Gasteiger charge is -2.23. The number of hydrogen-bond acceptors (Lipinski definition) is 4. The second-order valence-corrected chi connectivity index (χ2v) is 9.54.